The highest BCUT2D eigenvalue weighted by atomic mass is 32.2. The Morgan fingerprint density at radius 3 is 2.58 bits per heavy atom. The zero-order valence-corrected chi connectivity index (χ0v) is 15.7. The van der Waals surface area contributed by atoms with E-state index in [9.17, 15) is 8.78 Å². The van der Waals surface area contributed by atoms with Crippen molar-refractivity contribution in [2.75, 3.05) is 5.32 Å². The van der Waals surface area contributed by atoms with Crippen molar-refractivity contribution >= 4 is 40.5 Å². The lowest BCUT2D eigenvalue weighted by Crippen LogP contribution is -2.31. The Balaban J connectivity index is 1.88. The molecule has 3 nitrogen and oxygen atoms in total. The Labute approximate surface area is 151 Å². The van der Waals surface area contributed by atoms with Gasteiger partial charge >= 0.3 is 0 Å². The summed E-state index contributed by atoms with van der Waals surface area (Å²) in [5, 5.41) is 7.85. The van der Waals surface area contributed by atoms with Crippen molar-refractivity contribution in [3.63, 3.8) is 0 Å². The lowest BCUT2D eigenvalue weighted by atomic mass is 9.72. The number of hydrazone groups is 1. The normalized spacial score (nSPS) is 21.8. The van der Waals surface area contributed by atoms with Crippen LogP contribution in [0.25, 0.3) is 0 Å². The van der Waals surface area contributed by atoms with Gasteiger partial charge in [-0.3, -0.25) is 5.43 Å². The number of rotatable bonds is 4. The van der Waals surface area contributed by atoms with E-state index in [1.165, 1.54) is 6.42 Å². The lowest BCUT2D eigenvalue weighted by Gasteiger charge is -2.34. The summed E-state index contributed by atoms with van der Waals surface area (Å²) in [6, 6.07) is 6.72. The molecule has 1 aliphatic rings. The second-order valence-corrected chi connectivity index (χ2v) is 8.47. The van der Waals surface area contributed by atoms with Crippen molar-refractivity contribution in [1.82, 2.24) is 5.43 Å². The van der Waals surface area contributed by atoms with Gasteiger partial charge in [0.25, 0.3) is 5.76 Å². The van der Waals surface area contributed by atoms with Gasteiger partial charge < -0.3 is 5.32 Å². The largest absolute Gasteiger partial charge is 0.331 e. The van der Waals surface area contributed by atoms with Crippen LogP contribution in [0.3, 0.4) is 0 Å². The number of nitrogens with one attached hydrogen (secondary N) is 2. The molecule has 1 saturated carbocycles. The van der Waals surface area contributed by atoms with E-state index in [1.807, 2.05) is 0 Å². The number of nitrogens with zero attached hydrogens (tertiary/aromatic N) is 1. The molecule has 0 spiro atoms. The van der Waals surface area contributed by atoms with E-state index in [2.05, 4.69) is 36.6 Å². The highest BCUT2D eigenvalue weighted by molar-refractivity contribution is 7.99. The molecule has 1 aromatic carbocycles. The van der Waals surface area contributed by atoms with Gasteiger partial charge in [0.1, 0.15) is 0 Å². The van der Waals surface area contributed by atoms with E-state index in [4.69, 9.17) is 12.2 Å². The topological polar surface area (TPSA) is 36.4 Å². The number of hydrogen-bond donors (Lipinski definition) is 2. The van der Waals surface area contributed by atoms with Gasteiger partial charge in [0.15, 0.2) is 5.11 Å². The van der Waals surface area contributed by atoms with Crippen LogP contribution in [0.4, 0.5) is 14.5 Å². The molecule has 1 aliphatic carbocycles. The smallest absolute Gasteiger partial charge is 0.288 e. The number of alkyl halides is 2. The first kappa shape index (κ1) is 19.1. The standard InChI is InChI=1S/C17H23F2N3S2/c1-11-8-13(10-17(2,3)9-11)21-22-16(23)20-12-4-6-14(7-5-12)24-15(18)19/h4-7,11,15H,8-10H2,1-3H3,(H2,20,22,23)/b21-13-/t11-/m1/s1. The molecule has 2 rings (SSSR count). The van der Waals surface area contributed by atoms with Gasteiger partial charge in [0.05, 0.1) is 0 Å². The van der Waals surface area contributed by atoms with Crippen LogP contribution in [0.5, 0.6) is 0 Å². The average molecular weight is 372 g/mol. The third-order valence-corrected chi connectivity index (χ3v) is 4.74. The molecular formula is C17H23F2N3S2. The molecule has 0 aromatic heterocycles. The highest BCUT2D eigenvalue weighted by Gasteiger charge is 2.29. The third-order valence-electron chi connectivity index (χ3n) is 3.82. The summed E-state index contributed by atoms with van der Waals surface area (Å²) in [6.07, 6.45) is 3.16. The summed E-state index contributed by atoms with van der Waals surface area (Å²) in [5.74, 6) is -1.79. The molecule has 1 fully saturated rings. The molecule has 7 heteroatoms. The number of benzene rings is 1. The van der Waals surface area contributed by atoms with Crippen LogP contribution in [0.1, 0.15) is 40.0 Å². The average Bonchev–Trinajstić information content (AvgIpc) is 2.45. The summed E-state index contributed by atoms with van der Waals surface area (Å²) < 4.78 is 24.6. The molecule has 0 heterocycles. The molecule has 0 amide bonds. The van der Waals surface area contributed by atoms with Gasteiger partial charge in [0, 0.05) is 16.3 Å². The number of anilines is 1. The van der Waals surface area contributed by atoms with Crippen molar-refractivity contribution in [3.05, 3.63) is 24.3 Å². The molecule has 1 atom stereocenters. The van der Waals surface area contributed by atoms with Crippen molar-refractivity contribution in [3.8, 4) is 0 Å². The summed E-state index contributed by atoms with van der Waals surface area (Å²) in [5.41, 5.74) is 5.03. The molecular weight excluding hydrogens is 348 g/mol. The van der Waals surface area contributed by atoms with Gasteiger partial charge in [-0.2, -0.15) is 13.9 Å². The van der Waals surface area contributed by atoms with Crippen LogP contribution in [0, 0.1) is 11.3 Å². The second-order valence-electron chi connectivity index (χ2n) is 7.00. The minimum atomic E-state index is -2.41. The van der Waals surface area contributed by atoms with E-state index in [-0.39, 0.29) is 5.41 Å². The monoisotopic (exact) mass is 371 g/mol. The van der Waals surface area contributed by atoms with Crippen LogP contribution in [-0.4, -0.2) is 16.6 Å². The third kappa shape index (κ3) is 6.36. The maximum atomic E-state index is 12.3. The molecule has 24 heavy (non-hydrogen) atoms. The minimum absolute atomic E-state index is 0.269. The first-order valence-electron chi connectivity index (χ1n) is 7.91. The van der Waals surface area contributed by atoms with Crippen LogP contribution >= 0.6 is 24.0 Å². The van der Waals surface area contributed by atoms with E-state index in [0.717, 1.165) is 24.2 Å². The SMILES string of the molecule is C[C@@H]1C/C(=N/NC(=S)Nc2ccc(SC(F)F)cc2)CC(C)(C)C1. The Kier molecular flexibility index (Phi) is 6.57. The van der Waals surface area contributed by atoms with Gasteiger partial charge in [-0.05, 0) is 67.1 Å². The van der Waals surface area contributed by atoms with Gasteiger partial charge in [0.2, 0.25) is 0 Å². The predicted octanol–water partition coefficient (Wildman–Crippen LogP) is 5.49. The van der Waals surface area contributed by atoms with Crippen molar-refractivity contribution in [1.29, 1.82) is 0 Å². The Morgan fingerprint density at radius 2 is 2.00 bits per heavy atom. The zero-order chi connectivity index (χ0) is 17.7. The summed E-state index contributed by atoms with van der Waals surface area (Å²) >= 11 is 5.76. The first-order valence-corrected chi connectivity index (χ1v) is 9.19. The van der Waals surface area contributed by atoms with E-state index < -0.39 is 5.76 Å². The first-order chi connectivity index (χ1) is 11.2. The fourth-order valence-electron chi connectivity index (χ4n) is 3.21. The molecule has 2 N–H and O–H groups in total. The Morgan fingerprint density at radius 1 is 1.33 bits per heavy atom. The quantitative estimate of drug-likeness (QED) is 0.417. The van der Waals surface area contributed by atoms with Gasteiger partial charge in [-0.15, -0.1) is 0 Å². The number of halogens is 2. The fourth-order valence-corrected chi connectivity index (χ4v) is 3.87. The molecule has 132 valence electrons. The van der Waals surface area contributed by atoms with E-state index >= 15 is 0 Å². The highest BCUT2D eigenvalue weighted by Crippen LogP contribution is 2.36. The molecule has 0 bridgehead atoms. The summed E-state index contributed by atoms with van der Waals surface area (Å²) in [6.45, 7) is 6.76. The lowest BCUT2D eigenvalue weighted by molar-refractivity contribution is 0.252. The number of thiocarbonyl (C=S) groups is 1. The number of thioether (sulfide) groups is 1. The molecule has 0 radical (unpaired) electrons. The van der Waals surface area contributed by atoms with Crippen LogP contribution in [-0.2, 0) is 0 Å². The van der Waals surface area contributed by atoms with E-state index in [0.29, 0.717) is 27.7 Å². The van der Waals surface area contributed by atoms with Crippen LogP contribution < -0.4 is 10.7 Å². The predicted molar refractivity (Wildman–Crippen MR) is 102 cm³/mol. The summed E-state index contributed by atoms with van der Waals surface area (Å²) in [4.78, 5) is 0.521. The molecule has 1 aromatic rings. The van der Waals surface area contributed by atoms with Crippen molar-refractivity contribution in [2.45, 2.75) is 50.7 Å². The minimum Gasteiger partial charge on any atom is -0.331 e. The van der Waals surface area contributed by atoms with Crippen molar-refractivity contribution in [2.24, 2.45) is 16.4 Å². The Bertz CT molecular complexity index is 600. The maximum absolute atomic E-state index is 12.3. The van der Waals surface area contributed by atoms with Crippen LogP contribution in [0.15, 0.2) is 34.3 Å². The maximum Gasteiger partial charge on any atom is 0.288 e. The second kappa shape index (κ2) is 8.25. The number of hydrogen-bond acceptors (Lipinski definition) is 3. The summed E-state index contributed by atoms with van der Waals surface area (Å²) in [7, 11) is 0. The molecule has 0 unspecified atom stereocenters. The Hall–Kier alpha value is -1.21. The van der Waals surface area contributed by atoms with E-state index in [1.54, 1.807) is 24.3 Å². The molecule has 0 aliphatic heterocycles. The van der Waals surface area contributed by atoms with Gasteiger partial charge in [-0.25, -0.2) is 0 Å². The van der Waals surface area contributed by atoms with Crippen molar-refractivity contribution < 1.29 is 8.78 Å². The van der Waals surface area contributed by atoms with Gasteiger partial charge in [-0.1, -0.05) is 32.5 Å². The zero-order valence-electron chi connectivity index (χ0n) is 14.1. The van der Waals surface area contributed by atoms with Crippen LogP contribution in [0.2, 0.25) is 0 Å². The fraction of sp³-hybridized carbons (Fsp3) is 0.529. The molecule has 0 saturated heterocycles.